The molecule has 29 heavy (non-hydrogen) atoms. The summed E-state index contributed by atoms with van der Waals surface area (Å²) in [6.45, 7) is 4.86. The van der Waals surface area contributed by atoms with Crippen molar-refractivity contribution in [2.45, 2.75) is 20.4 Å². The van der Waals surface area contributed by atoms with E-state index < -0.39 is 0 Å². The molecule has 0 aliphatic heterocycles. The Kier molecular flexibility index (Phi) is 6.63. The normalized spacial score (nSPS) is 10.3. The molecule has 3 aromatic rings. The molecule has 0 aliphatic rings. The fourth-order valence-corrected chi connectivity index (χ4v) is 2.92. The highest BCUT2D eigenvalue weighted by molar-refractivity contribution is 6.09. The number of ether oxygens (including phenoxy) is 1. The monoisotopic (exact) mass is 388 g/mol. The molecule has 0 spiro atoms. The maximum Gasteiger partial charge on any atom is 0.255 e. The summed E-state index contributed by atoms with van der Waals surface area (Å²) in [4.78, 5) is 25.2. The van der Waals surface area contributed by atoms with Crippen molar-refractivity contribution in [2.24, 2.45) is 0 Å². The van der Waals surface area contributed by atoms with Crippen molar-refractivity contribution in [3.63, 3.8) is 0 Å². The van der Waals surface area contributed by atoms with Crippen molar-refractivity contribution in [1.82, 2.24) is 5.32 Å². The van der Waals surface area contributed by atoms with Gasteiger partial charge in [-0.2, -0.15) is 0 Å². The van der Waals surface area contributed by atoms with Crippen LogP contribution in [0.15, 0.2) is 72.8 Å². The molecule has 0 aromatic heterocycles. The summed E-state index contributed by atoms with van der Waals surface area (Å²) in [5.41, 5.74) is 3.40. The van der Waals surface area contributed by atoms with Crippen LogP contribution in [0.25, 0.3) is 0 Å². The zero-order valence-electron chi connectivity index (χ0n) is 16.6. The summed E-state index contributed by atoms with van der Waals surface area (Å²) in [7, 11) is 0. The van der Waals surface area contributed by atoms with Crippen LogP contribution >= 0.6 is 0 Å². The zero-order chi connectivity index (χ0) is 20.6. The molecule has 5 heteroatoms. The largest absolute Gasteiger partial charge is 0.494 e. The topological polar surface area (TPSA) is 67.4 Å². The summed E-state index contributed by atoms with van der Waals surface area (Å²) in [6, 6.07) is 21.9. The molecule has 148 valence electrons. The van der Waals surface area contributed by atoms with E-state index in [9.17, 15) is 9.59 Å². The standard InChI is InChI=1S/C24H24N2O3/c1-3-29-20-13-11-18(12-14-20)16-25-24(28)21-9-4-5-10-22(21)26-23(27)19-8-6-7-17(2)15-19/h4-15H,3,16H2,1-2H3,(H,25,28)(H,26,27). The van der Waals surface area contributed by atoms with Crippen LogP contribution in [-0.4, -0.2) is 18.4 Å². The lowest BCUT2D eigenvalue weighted by molar-refractivity contribution is 0.0952. The van der Waals surface area contributed by atoms with Crippen molar-refractivity contribution in [2.75, 3.05) is 11.9 Å². The Morgan fingerprint density at radius 3 is 2.38 bits per heavy atom. The van der Waals surface area contributed by atoms with Crippen LogP contribution in [0.4, 0.5) is 5.69 Å². The van der Waals surface area contributed by atoms with Gasteiger partial charge >= 0.3 is 0 Å². The fraction of sp³-hybridized carbons (Fsp3) is 0.167. The van der Waals surface area contributed by atoms with Gasteiger partial charge in [-0.25, -0.2) is 0 Å². The summed E-state index contributed by atoms with van der Waals surface area (Å²) in [5, 5.41) is 5.74. The summed E-state index contributed by atoms with van der Waals surface area (Å²) < 4.78 is 5.42. The third kappa shape index (κ3) is 5.45. The van der Waals surface area contributed by atoms with Gasteiger partial charge in [-0.05, 0) is 55.8 Å². The Morgan fingerprint density at radius 2 is 1.66 bits per heavy atom. The summed E-state index contributed by atoms with van der Waals surface area (Å²) >= 11 is 0. The van der Waals surface area contributed by atoms with Gasteiger partial charge in [0, 0.05) is 12.1 Å². The quantitative estimate of drug-likeness (QED) is 0.623. The van der Waals surface area contributed by atoms with Crippen molar-refractivity contribution in [1.29, 1.82) is 0 Å². The lowest BCUT2D eigenvalue weighted by Gasteiger charge is -2.12. The Bertz CT molecular complexity index is 997. The smallest absolute Gasteiger partial charge is 0.255 e. The number of amides is 2. The molecular weight excluding hydrogens is 364 g/mol. The number of anilines is 1. The van der Waals surface area contributed by atoms with Crippen LogP contribution in [0, 0.1) is 6.92 Å². The molecule has 0 fully saturated rings. The van der Waals surface area contributed by atoms with Crippen LogP contribution in [-0.2, 0) is 6.54 Å². The fourth-order valence-electron chi connectivity index (χ4n) is 2.92. The Balaban J connectivity index is 1.67. The molecule has 5 nitrogen and oxygen atoms in total. The Labute approximate surface area is 170 Å². The molecule has 0 unspecified atom stereocenters. The number of nitrogens with one attached hydrogen (secondary N) is 2. The van der Waals surface area contributed by atoms with Crippen molar-refractivity contribution in [3.05, 3.63) is 95.1 Å². The van der Waals surface area contributed by atoms with E-state index in [-0.39, 0.29) is 11.8 Å². The Hall–Kier alpha value is -3.60. The Morgan fingerprint density at radius 1 is 0.897 bits per heavy atom. The average Bonchev–Trinajstić information content (AvgIpc) is 2.73. The molecule has 2 N–H and O–H groups in total. The highest BCUT2D eigenvalue weighted by Crippen LogP contribution is 2.17. The van der Waals surface area contributed by atoms with Gasteiger partial charge in [-0.1, -0.05) is 42.0 Å². The minimum atomic E-state index is -0.251. The molecule has 0 atom stereocenters. The second-order valence-corrected chi connectivity index (χ2v) is 6.63. The van der Waals surface area contributed by atoms with Crippen molar-refractivity contribution < 1.29 is 14.3 Å². The molecule has 3 aromatic carbocycles. The lowest BCUT2D eigenvalue weighted by Crippen LogP contribution is -2.24. The number of carbonyl (C=O) groups is 2. The van der Waals surface area contributed by atoms with E-state index in [0.717, 1.165) is 16.9 Å². The van der Waals surface area contributed by atoms with Crippen LogP contribution in [0.3, 0.4) is 0 Å². The molecule has 0 aliphatic carbocycles. The first-order valence-electron chi connectivity index (χ1n) is 9.54. The van der Waals surface area contributed by atoms with Crippen LogP contribution in [0.1, 0.15) is 38.8 Å². The molecule has 0 bridgehead atoms. The number of aryl methyl sites for hydroxylation is 1. The number of rotatable bonds is 7. The second-order valence-electron chi connectivity index (χ2n) is 6.63. The predicted molar refractivity (Wildman–Crippen MR) is 114 cm³/mol. The van der Waals surface area contributed by atoms with E-state index in [1.165, 1.54) is 0 Å². The molecule has 0 radical (unpaired) electrons. The van der Waals surface area contributed by atoms with Gasteiger partial charge in [0.25, 0.3) is 11.8 Å². The van der Waals surface area contributed by atoms with Gasteiger partial charge in [0.1, 0.15) is 5.75 Å². The summed E-state index contributed by atoms with van der Waals surface area (Å²) in [5.74, 6) is 0.297. The zero-order valence-corrected chi connectivity index (χ0v) is 16.6. The number of benzene rings is 3. The van der Waals surface area contributed by atoms with E-state index in [0.29, 0.717) is 30.0 Å². The first kappa shape index (κ1) is 20.1. The van der Waals surface area contributed by atoms with Crippen LogP contribution in [0.5, 0.6) is 5.75 Å². The minimum Gasteiger partial charge on any atom is -0.494 e. The van der Waals surface area contributed by atoms with E-state index in [4.69, 9.17) is 4.74 Å². The van der Waals surface area contributed by atoms with E-state index in [1.54, 1.807) is 30.3 Å². The van der Waals surface area contributed by atoms with Crippen molar-refractivity contribution in [3.8, 4) is 5.75 Å². The molecule has 0 heterocycles. The van der Waals surface area contributed by atoms with Gasteiger partial charge in [0.15, 0.2) is 0 Å². The first-order valence-corrected chi connectivity index (χ1v) is 9.54. The molecule has 0 saturated carbocycles. The molecule has 2 amide bonds. The summed E-state index contributed by atoms with van der Waals surface area (Å²) in [6.07, 6.45) is 0. The van der Waals surface area contributed by atoms with Gasteiger partial charge in [0.2, 0.25) is 0 Å². The van der Waals surface area contributed by atoms with Crippen LogP contribution in [0.2, 0.25) is 0 Å². The first-order chi connectivity index (χ1) is 14.1. The number of para-hydroxylation sites is 1. The average molecular weight is 388 g/mol. The van der Waals surface area contributed by atoms with E-state index >= 15 is 0 Å². The van der Waals surface area contributed by atoms with E-state index in [1.807, 2.05) is 56.3 Å². The third-order valence-corrected chi connectivity index (χ3v) is 4.39. The van der Waals surface area contributed by atoms with Gasteiger partial charge in [-0.15, -0.1) is 0 Å². The second kappa shape index (κ2) is 9.55. The SMILES string of the molecule is CCOc1ccc(CNC(=O)c2ccccc2NC(=O)c2cccc(C)c2)cc1. The maximum atomic E-state index is 12.7. The van der Waals surface area contributed by atoms with Gasteiger partial charge in [0.05, 0.1) is 17.9 Å². The molecule has 0 saturated heterocycles. The molecule has 3 rings (SSSR count). The highest BCUT2D eigenvalue weighted by Gasteiger charge is 2.14. The third-order valence-electron chi connectivity index (χ3n) is 4.39. The number of hydrogen-bond acceptors (Lipinski definition) is 3. The highest BCUT2D eigenvalue weighted by atomic mass is 16.5. The minimum absolute atomic E-state index is 0.250. The maximum absolute atomic E-state index is 12.7. The predicted octanol–water partition coefficient (Wildman–Crippen LogP) is 4.58. The van der Waals surface area contributed by atoms with Gasteiger partial charge in [-0.3, -0.25) is 9.59 Å². The van der Waals surface area contributed by atoms with E-state index in [2.05, 4.69) is 10.6 Å². The number of carbonyl (C=O) groups excluding carboxylic acids is 2. The van der Waals surface area contributed by atoms with Crippen LogP contribution < -0.4 is 15.4 Å². The lowest BCUT2D eigenvalue weighted by atomic mass is 10.1. The number of hydrogen-bond donors (Lipinski definition) is 2. The van der Waals surface area contributed by atoms with Crippen molar-refractivity contribution >= 4 is 17.5 Å². The van der Waals surface area contributed by atoms with Gasteiger partial charge < -0.3 is 15.4 Å². The molecular formula is C24H24N2O3.